The van der Waals surface area contributed by atoms with Gasteiger partial charge in [-0.15, -0.1) is 0 Å². The number of benzene rings is 2. The van der Waals surface area contributed by atoms with Crippen molar-refractivity contribution >= 4 is 29.1 Å². The number of ether oxygens (including phenoxy) is 1. The number of amides is 3. The molecule has 1 aromatic heterocycles. The number of hydrogen-bond acceptors (Lipinski definition) is 7. The number of aromatic nitrogens is 2. The van der Waals surface area contributed by atoms with Crippen molar-refractivity contribution in [2.45, 2.75) is 45.4 Å². The van der Waals surface area contributed by atoms with Gasteiger partial charge in [-0.05, 0) is 61.3 Å². The summed E-state index contributed by atoms with van der Waals surface area (Å²) in [6.07, 6.45) is 1.84. The van der Waals surface area contributed by atoms with Gasteiger partial charge in [-0.3, -0.25) is 19.1 Å². The molecule has 0 unspecified atom stereocenters. The fourth-order valence-electron chi connectivity index (χ4n) is 5.96. The zero-order chi connectivity index (χ0) is 32.8. The Kier molecular flexibility index (Phi) is 10.3. The summed E-state index contributed by atoms with van der Waals surface area (Å²) in [6, 6.07) is 14.9. The van der Waals surface area contributed by atoms with Crippen LogP contribution in [0, 0.1) is 0 Å². The molecule has 3 amide bonds. The fourth-order valence-corrected chi connectivity index (χ4v) is 5.96. The van der Waals surface area contributed by atoms with Gasteiger partial charge in [0.2, 0.25) is 5.91 Å². The SMILES string of the molecule is COc1ccc(CC(=O)Nc2cc(C(=O)N3CCCNCC3)ccc2N2CCCN(C(=O)c3cc(C(C)(C)C)nn3C)CC2)cc1. The van der Waals surface area contributed by atoms with Gasteiger partial charge in [-0.25, -0.2) is 0 Å². The summed E-state index contributed by atoms with van der Waals surface area (Å²) in [6.45, 7) is 11.7. The van der Waals surface area contributed by atoms with Crippen molar-refractivity contribution in [1.82, 2.24) is 24.9 Å². The number of nitrogens with zero attached hydrogens (tertiary/aromatic N) is 5. The molecule has 246 valence electrons. The lowest BCUT2D eigenvalue weighted by Crippen LogP contribution is -2.36. The number of rotatable bonds is 7. The van der Waals surface area contributed by atoms with Crippen LogP contribution in [0.3, 0.4) is 0 Å². The molecule has 11 heteroatoms. The number of methoxy groups -OCH3 is 1. The Morgan fingerprint density at radius 3 is 2.33 bits per heavy atom. The number of carbonyl (C=O) groups excluding carboxylic acids is 3. The molecule has 2 fully saturated rings. The van der Waals surface area contributed by atoms with Crippen molar-refractivity contribution in [2.24, 2.45) is 7.05 Å². The van der Waals surface area contributed by atoms with E-state index in [0.717, 1.165) is 48.6 Å². The summed E-state index contributed by atoms with van der Waals surface area (Å²) in [5.74, 6) is 0.480. The third-order valence-corrected chi connectivity index (χ3v) is 8.66. The highest BCUT2D eigenvalue weighted by Gasteiger charge is 2.27. The molecule has 0 atom stereocenters. The molecule has 0 bridgehead atoms. The molecule has 5 rings (SSSR count). The lowest BCUT2D eigenvalue weighted by molar-refractivity contribution is -0.115. The van der Waals surface area contributed by atoms with Gasteiger partial charge in [0.15, 0.2) is 0 Å². The highest BCUT2D eigenvalue weighted by molar-refractivity contribution is 6.00. The minimum Gasteiger partial charge on any atom is -0.497 e. The summed E-state index contributed by atoms with van der Waals surface area (Å²) in [7, 11) is 3.43. The summed E-state index contributed by atoms with van der Waals surface area (Å²) in [5.41, 5.74) is 4.14. The van der Waals surface area contributed by atoms with E-state index in [1.54, 1.807) is 17.9 Å². The number of anilines is 2. The number of carbonyl (C=O) groups is 3. The Balaban J connectivity index is 1.36. The van der Waals surface area contributed by atoms with Crippen LogP contribution in [0.1, 0.15) is 65.7 Å². The van der Waals surface area contributed by atoms with E-state index in [2.05, 4.69) is 41.4 Å². The van der Waals surface area contributed by atoms with Crippen LogP contribution in [-0.4, -0.2) is 96.8 Å². The van der Waals surface area contributed by atoms with E-state index < -0.39 is 0 Å². The van der Waals surface area contributed by atoms with Gasteiger partial charge in [0.05, 0.1) is 30.6 Å². The predicted molar refractivity (Wildman–Crippen MR) is 180 cm³/mol. The Labute approximate surface area is 271 Å². The zero-order valence-electron chi connectivity index (χ0n) is 27.8. The normalized spacial score (nSPS) is 16.1. The second-order valence-corrected chi connectivity index (χ2v) is 13.1. The van der Waals surface area contributed by atoms with Gasteiger partial charge >= 0.3 is 0 Å². The number of aryl methyl sites for hydroxylation is 1. The molecule has 0 aliphatic carbocycles. The summed E-state index contributed by atoms with van der Waals surface area (Å²) in [5, 5.41) is 11.1. The van der Waals surface area contributed by atoms with Gasteiger partial charge in [0.25, 0.3) is 11.8 Å². The Morgan fingerprint density at radius 1 is 0.870 bits per heavy atom. The molecule has 0 radical (unpaired) electrons. The van der Waals surface area contributed by atoms with Gasteiger partial charge < -0.3 is 30.1 Å². The minimum absolute atomic E-state index is 0.0340. The molecule has 2 saturated heterocycles. The molecule has 2 aromatic carbocycles. The quantitative estimate of drug-likeness (QED) is 0.410. The molecular formula is C35H47N7O4. The highest BCUT2D eigenvalue weighted by atomic mass is 16.5. The average Bonchev–Trinajstić information content (AvgIpc) is 3.20. The van der Waals surface area contributed by atoms with Crippen LogP contribution in [0.4, 0.5) is 11.4 Å². The molecule has 11 nitrogen and oxygen atoms in total. The maximum atomic E-state index is 13.6. The fraction of sp³-hybridized carbons (Fsp3) is 0.486. The lowest BCUT2D eigenvalue weighted by Gasteiger charge is -2.27. The van der Waals surface area contributed by atoms with Crippen LogP contribution in [0.15, 0.2) is 48.5 Å². The van der Waals surface area contributed by atoms with Gasteiger partial charge in [0, 0.05) is 63.8 Å². The van der Waals surface area contributed by atoms with E-state index in [9.17, 15) is 14.4 Å². The van der Waals surface area contributed by atoms with Crippen LogP contribution in [-0.2, 0) is 23.7 Å². The molecule has 2 aliphatic rings. The van der Waals surface area contributed by atoms with E-state index in [1.165, 1.54) is 0 Å². The molecule has 0 spiro atoms. The Hall–Kier alpha value is -4.38. The first-order valence-electron chi connectivity index (χ1n) is 16.2. The molecular weight excluding hydrogens is 582 g/mol. The van der Waals surface area contributed by atoms with Crippen molar-refractivity contribution < 1.29 is 19.1 Å². The van der Waals surface area contributed by atoms with Crippen LogP contribution in [0.2, 0.25) is 0 Å². The van der Waals surface area contributed by atoms with Crippen molar-refractivity contribution in [3.8, 4) is 5.75 Å². The maximum absolute atomic E-state index is 13.6. The molecule has 0 saturated carbocycles. The third-order valence-electron chi connectivity index (χ3n) is 8.66. The largest absolute Gasteiger partial charge is 0.497 e. The Bertz CT molecular complexity index is 1540. The smallest absolute Gasteiger partial charge is 0.272 e. The standard InChI is InChI=1S/C35H47N7O4/c1-35(2,3)31-24-30(39(4)38-31)34(45)42-18-7-17-40(20-21-42)29-13-10-26(33(44)41-16-6-14-36-15-19-41)23-28(29)37-32(43)22-25-8-11-27(46-5)12-9-25/h8-13,23-24,36H,6-7,14-22H2,1-5H3,(H,37,43). The van der Waals surface area contributed by atoms with E-state index >= 15 is 0 Å². The van der Waals surface area contributed by atoms with Crippen LogP contribution in [0.5, 0.6) is 5.75 Å². The molecule has 3 aromatic rings. The second kappa shape index (κ2) is 14.4. The maximum Gasteiger partial charge on any atom is 0.272 e. The monoisotopic (exact) mass is 629 g/mol. The Morgan fingerprint density at radius 2 is 1.61 bits per heavy atom. The topological polar surface area (TPSA) is 112 Å². The van der Waals surface area contributed by atoms with Crippen molar-refractivity contribution in [2.75, 3.05) is 69.7 Å². The van der Waals surface area contributed by atoms with Gasteiger partial charge in [0.1, 0.15) is 11.4 Å². The van der Waals surface area contributed by atoms with Crippen LogP contribution < -0.4 is 20.3 Å². The predicted octanol–water partition coefficient (Wildman–Crippen LogP) is 3.70. The number of nitrogens with one attached hydrogen (secondary N) is 2. The van der Waals surface area contributed by atoms with E-state index in [1.807, 2.05) is 59.3 Å². The van der Waals surface area contributed by atoms with E-state index in [-0.39, 0.29) is 29.6 Å². The summed E-state index contributed by atoms with van der Waals surface area (Å²) < 4.78 is 6.93. The molecule has 2 aliphatic heterocycles. The minimum atomic E-state index is -0.174. The first-order chi connectivity index (χ1) is 22.0. The second-order valence-electron chi connectivity index (χ2n) is 13.1. The summed E-state index contributed by atoms with van der Waals surface area (Å²) >= 11 is 0. The number of hydrogen-bond donors (Lipinski definition) is 2. The van der Waals surface area contributed by atoms with Crippen LogP contribution in [0.25, 0.3) is 0 Å². The molecule has 46 heavy (non-hydrogen) atoms. The van der Waals surface area contributed by atoms with Gasteiger partial charge in [-0.1, -0.05) is 32.9 Å². The van der Waals surface area contributed by atoms with Crippen LogP contribution >= 0.6 is 0 Å². The van der Waals surface area contributed by atoms with Gasteiger partial charge in [-0.2, -0.15) is 5.10 Å². The average molecular weight is 630 g/mol. The highest BCUT2D eigenvalue weighted by Crippen LogP contribution is 2.30. The molecule has 3 heterocycles. The van der Waals surface area contributed by atoms with Crippen molar-refractivity contribution in [3.05, 3.63) is 71.0 Å². The van der Waals surface area contributed by atoms with E-state index in [0.29, 0.717) is 56.2 Å². The third kappa shape index (κ3) is 7.88. The van der Waals surface area contributed by atoms with Crippen molar-refractivity contribution in [1.29, 1.82) is 0 Å². The first kappa shape index (κ1) is 33.0. The van der Waals surface area contributed by atoms with E-state index in [4.69, 9.17) is 4.74 Å². The zero-order valence-corrected chi connectivity index (χ0v) is 27.8. The van der Waals surface area contributed by atoms with Crippen molar-refractivity contribution in [3.63, 3.8) is 0 Å². The first-order valence-corrected chi connectivity index (χ1v) is 16.2. The lowest BCUT2D eigenvalue weighted by atomic mass is 9.92. The summed E-state index contributed by atoms with van der Waals surface area (Å²) in [4.78, 5) is 46.5. The molecule has 2 N–H and O–H groups in total.